The molecule has 4 heteroatoms. The van der Waals surface area contributed by atoms with Crippen molar-refractivity contribution in [2.45, 2.75) is 32.6 Å². The van der Waals surface area contributed by atoms with Gasteiger partial charge in [0.1, 0.15) is 4.48 Å². The molecule has 0 atom stereocenters. The Hall–Kier alpha value is -1.39. The van der Waals surface area contributed by atoms with Crippen molar-refractivity contribution in [1.82, 2.24) is 0 Å². The number of rotatable bonds is 6. The topological polar surface area (TPSA) is 37.3 Å². The highest BCUT2D eigenvalue weighted by molar-refractivity contribution is 9.14. The summed E-state index contributed by atoms with van der Waals surface area (Å²) < 4.78 is 0.759. The number of hydrogen-bond acceptors (Lipinski definition) is 1. The summed E-state index contributed by atoms with van der Waals surface area (Å²) in [5.41, 5.74) is 4.63. The van der Waals surface area contributed by atoms with Crippen LogP contribution in [0, 0.1) is 0 Å². The monoisotopic (exact) mass is 450 g/mol. The minimum atomic E-state index is -0.984. The van der Waals surface area contributed by atoms with Gasteiger partial charge in [-0.2, -0.15) is 0 Å². The molecule has 24 heavy (non-hydrogen) atoms. The molecule has 2 nitrogen and oxygen atoms in total. The Bertz CT molecular complexity index is 684. The van der Waals surface area contributed by atoms with Crippen LogP contribution < -0.4 is 0 Å². The second-order valence-corrected chi connectivity index (χ2v) is 7.24. The van der Waals surface area contributed by atoms with E-state index in [0.717, 1.165) is 24.0 Å². The van der Waals surface area contributed by atoms with Gasteiger partial charge in [-0.15, -0.1) is 0 Å². The van der Waals surface area contributed by atoms with Gasteiger partial charge in [0.2, 0.25) is 0 Å². The Morgan fingerprint density at radius 1 is 0.875 bits per heavy atom. The maximum atomic E-state index is 11.4. The van der Waals surface area contributed by atoms with Crippen molar-refractivity contribution >= 4 is 37.8 Å². The zero-order valence-corrected chi connectivity index (χ0v) is 16.9. The number of hydrogen-bond donors (Lipinski definition) is 1. The summed E-state index contributed by atoms with van der Waals surface area (Å²) in [6.07, 6.45) is 1.96. The fourth-order valence-electron chi connectivity index (χ4n) is 2.61. The standard InChI is InChI=1S/C20H20Br2O2/c1-3-13-5-9-15(10-6-13)17(18(21)19(22)20(23)24)16-11-7-14(4-2)8-12-16/h5-12,17H,3-4H2,1-2H3,(H,23,24). The van der Waals surface area contributed by atoms with Crippen molar-refractivity contribution in [2.75, 3.05) is 0 Å². The maximum absolute atomic E-state index is 11.4. The van der Waals surface area contributed by atoms with Gasteiger partial charge in [0.05, 0.1) is 0 Å². The molecule has 0 heterocycles. The van der Waals surface area contributed by atoms with Crippen LogP contribution in [-0.4, -0.2) is 11.1 Å². The number of carboxylic acids is 1. The van der Waals surface area contributed by atoms with Crippen LogP contribution in [-0.2, 0) is 17.6 Å². The summed E-state index contributed by atoms with van der Waals surface area (Å²) >= 11 is 6.70. The lowest BCUT2D eigenvalue weighted by atomic mass is 9.89. The van der Waals surface area contributed by atoms with E-state index in [-0.39, 0.29) is 10.4 Å². The van der Waals surface area contributed by atoms with E-state index in [1.807, 2.05) is 0 Å². The highest BCUT2D eigenvalue weighted by Crippen LogP contribution is 2.39. The van der Waals surface area contributed by atoms with Crippen molar-refractivity contribution in [3.05, 3.63) is 79.7 Å². The molecule has 0 aliphatic carbocycles. The van der Waals surface area contributed by atoms with Crippen molar-refractivity contribution in [2.24, 2.45) is 0 Å². The van der Waals surface area contributed by atoms with E-state index >= 15 is 0 Å². The number of aryl methyl sites for hydroxylation is 2. The molecule has 0 bridgehead atoms. The van der Waals surface area contributed by atoms with Gasteiger partial charge in [-0.05, 0) is 51.0 Å². The molecule has 2 rings (SSSR count). The normalized spacial score (nSPS) is 12.2. The number of benzene rings is 2. The third kappa shape index (κ3) is 4.37. The molecule has 2 aromatic carbocycles. The van der Waals surface area contributed by atoms with Crippen molar-refractivity contribution in [3.63, 3.8) is 0 Å². The molecule has 2 aromatic rings. The molecule has 0 aliphatic heterocycles. The van der Waals surface area contributed by atoms with Crippen molar-refractivity contribution in [1.29, 1.82) is 0 Å². The Morgan fingerprint density at radius 3 is 1.54 bits per heavy atom. The molecule has 0 aliphatic rings. The lowest BCUT2D eigenvalue weighted by Crippen LogP contribution is -2.06. The molecule has 126 valence electrons. The van der Waals surface area contributed by atoms with Crippen LogP contribution in [0.3, 0.4) is 0 Å². The summed E-state index contributed by atoms with van der Waals surface area (Å²) in [4.78, 5) is 11.4. The first-order valence-corrected chi connectivity index (χ1v) is 9.52. The average Bonchev–Trinajstić information content (AvgIpc) is 2.62. The zero-order valence-electron chi connectivity index (χ0n) is 13.7. The van der Waals surface area contributed by atoms with Gasteiger partial charge in [-0.1, -0.05) is 78.3 Å². The number of aliphatic carboxylic acids is 1. The van der Waals surface area contributed by atoms with E-state index in [2.05, 4.69) is 94.2 Å². The molecule has 1 N–H and O–H groups in total. The molecule has 0 aromatic heterocycles. The average molecular weight is 452 g/mol. The van der Waals surface area contributed by atoms with Crippen LogP contribution in [0.4, 0.5) is 0 Å². The Labute approximate surface area is 159 Å². The Balaban J connectivity index is 2.55. The molecular formula is C20H20Br2O2. The summed E-state index contributed by atoms with van der Waals surface area (Å²) in [6, 6.07) is 16.7. The fraction of sp³-hybridized carbons (Fsp3) is 0.250. The van der Waals surface area contributed by atoms with Gasteiger partial charge in [0, 0.05) is 10.4 Å². The summed E-state index contributed by atoms with van der Waals surface area (Å²) in [6.45, 7) is 4.24. The van der Waals surface area contributed by atoms with Gasteiger partial charge in [-0.3, -0.25) is 0 Å². The number of carboxylic acid groups (broad SMARTS) is 1. The predicted molar refractivity (Wildman–Crippen MR) is 106 cm³/mol. The number of halogens is 2. The number of allylic oxidation sites excluding steroid dienone is 1. The minimum absolute atomic E-state index is 0.145. The Morgan fingerprint density at radius 2 is 1.25 bits per heavy atom. The van der Waals surface area contributed by atoms with Crippen LogP contribution in [0.15, 0.2) is 57.5 Å². The highest BCUT2D eigenvalue weighted by atomic mass is 79.9. The zero-order chi connectivity index (χ0) is 17.7. The number of carbonyl (C=O) groups is 1. The fourth-order valence-corrected chi connectivity index (χ4v) is 3.53. The van der Waals surface area contributed by atoms with Gasteiger partial charge in [0.15, 0.2) is 0 Å². The Kier molecular flexibility index (Phi) is 6.81. The summed E-state index contributed by atoms with van der Waals surface area (Å²) in [5, 5.41) is 9.32. The van der Waals surface area contributed by atoms with Gasteiger partial charge in [-0.25, -0.2) is 4.79 Å². The molecule has 0 fully saturated rings. The third-order valence-corrected chi connectivity index (χ3v) is 6.25. The second kappa shape index (κ2) is 8.63. The second-order valence-electron chi connectivity index (χ2n) is 5.59. The lowest BCUT2D eigenvalue weighted by molar-refractivity contribution is -0.131. The predicted octanol–water partition coefficient (Wildman–Crippen LogP) is 6.03. The SMILES string of the molecule is CCc1ccc(C(C(Br)=C(Br)C(=O)O)c2ccc(CC)cc2)cc1. The van der Waals surface area contributed by atoms with E-state index in [4.69, 9.17) is 0 Å². The van der Waals surface area contributed by atoms with E-state index in [1.165, 1.54) is 11.1 Å². The first-order chi connectivity index (χ1) is 11.5. The third-order valence-electron chi connectivity index (χ3n) is 4.09. The van der Waals surface area contributed by atoms with Crippen LogP contribution in [0.25, 0.3) is 0 Å². The van der Waals surface area contributed by atoms with Crippen LogP contribution in [0.2, 0.25) is 0 Å². The lowest BCUT2D eigenvalue weighted by Gasteiger charge is -2.19. The molecule has 0 saturated carbocycles. The molecular weight excluding hydrogens is 432 g/mol. The molecule has 0 amide bonds. The van der Waals surface area contributed by atoms with Crippen LogP contribution >= 0.6 is 31.9 Å². The van der Waals surface area contributed by atoms with E-state index in [9.17, 15) is 9.90 Å². The molecule has 0 saturated heterocycles. The van der Waals surface area contributed by atoms with Crippen LogP contribution in [0.5, 0.6) is 0 Å². The van der Waals surface area contributed by atoms with Crippen molar-refractivity contribution in [3.8, 4) is 0 Å². The smallest absolute Gasteiger partial charge is 0.343 e. The minimum Gasteiger partial charge on any atom is -0.477 e. The molecule has 0 unspecified atom stereocenters. The van der Waals surface area contributed by atoms with Gasteiger partial charge >= 0.3 is 5.97 Å². The van der Waals surface area contributed by atoms with E-state index < -0.39 is 5.97 Å². The summed E-state index contributed by atoms with van der Waals surface area (Å²) in [5.74, 6) is -1.14. The molecule has 0 spiro atoms. The van der Waals surface area contributed by atoms with Crippen molar-refractivity contribution < 1.29 is 9.90 Å². The quantitative estimate of drug-likeness (QED) is 0.544. The first-order valence-electron chi connectivity index (χ1n) is 7.94. The molecule has 0 radical (unpaired) electrons. The highest BCUT2D eigenvalue weighted by Gasteiger charge is 2.22. The van der Waals surface area contributed by atoms with E-state index in [0.29, 0.717) is 4.48 Å². The largest absolute Gasteiger partial charge is 0.477 e. The first kappa shape index (κ1) is 18.9. The maximum Gasteiger partial charge on any atom is 0.343 e. The summed E-state index contributed by atoms with van der Waals surface area (Å²) in [7, 11) is 0. The van der Waals surface area contributed by atoms with Gasteiger partial charge in [0.25, 0.3) is 0 Å². The van der Waals surface area contributed by atoms with E-state index in [1.54, 1.807) is 0 Å². The van der Waals surface area contributed by atoms with Gasteiger partial charge < -0.3 is 5.11 Å². The van der Waals surface area contributed by atoms with Crippen LogP contribution in [0.1, 0.15) is 42.0 Å².